The molecular formula is C20H19ClN2O5. The van der Waals surface area contributed by atoms with E-state index in [0.717, 1.165) is 0 Å². The zero-order valence-electron chi connectivity index (χ0n) is 15.3. The molecule has 2 aromatic carbocycles. The SMILES string of the molecule is Cc1c(Cl)cccc1NC(=O)[C@@H](C)OC(=O)C[C@H]1Oc2ccccc2NC1=O. The van der Waals surface area contributed by atoms with E-state index in [-0.39, 0.29) is 6.42 Å². The van der Waals surface area contributed by atoms with Gasteiger partial charge in [-0.25, -0.2) is 0 Å². The topological polar surface area (TPSA) is 93.7 Å². The molecule has 2 amide bonds. The molecule has 2 aromatic rings. The van der Waals surface area contributed by atoms with Crippen LogP contribution in [-0.2, 0) is 19.1 Å². The van der Waals surface area contributed by atoms with Crippen LogP contribution in [0.15, 0.2) is 42.5 Å². The first-order valence-electron chi connectivity index (χ1n) is 8.67. The molecule has 0 spiro atoms. The second kappa shape index (κ2) is 8.31. The molecule has 0 aliphatic carbocycles. The van der Waals surface area contributed by atoms with Crippen molar-refractivity contribution in [1.82, 2.24) is 0 Å². The average Bonchev–Trinajstić information content (AvgIpc) is 2.66. The maximum atomic E-state index is 12.3. The summed E-state index contributed by atoms with van der Waals surface area (Å²) in [5.74, 6) is -1.19. The summed E-state index contributed by atoms with van der Waals surface area (Å²) in [5, 5.41) is 5.86. The van der Waals surface area contributed by atoms with E-state index >= 15 is 0 Å². The lowest BCUT2D eigenvalue weighted by Gasteiger charge is -2.25. The van der Waals surface area contributed by atoms with Gasteiger partial charge in [0.05, 0.1) is 12.1 Å². The number of carbonyl (C=O) groups excluding carboxylic acids is 3. The van der Waals surface area contributed by atoms with Crippen molar-refractivity contribution in [2.45, 2.75) is 32.5 Å². The highest BCUT2D eigenvalue weighted by atomic mass is 35.5. The summed E-state index contributed by atoms with van der Waals surface area (Å²) in [7, 11) is 0. The third-order valence-corrected chi connectivity index (χ3v) is 4.67. The molecule has 28 heavy (non-hydrogen) atoms. The Labute approximate surface area is 167 Å². The van der Waals surface area contributed by atoms with Gasteiger partial charge in [0.25, 0.3) is 11.8 Å². The minimum atomic E-state index is -1.05. The molecule has 0 unspecified atom stereocenters. The van der Waals surface area contributed by atoms with Crippen molar-refractivity contribution in [1.29, 1.82) is 0 Å². The minimum absolute atomic E-state index is 0.312. The van der Waals surface area contributed by atoms with Crippen molar-refractivity contribution in [2.24, 2.45) is 0 Å². The summed E-state index contributed by atoms with van der Waals surface area (Å²) in [4.78, 5) is 36.6. The molecule has 0 saturated carbocycles. The number of fused-ring (bicyclic) bond motifs is 1. The number of carbonyl (C=O) groups is 3. The van der Waals surface area contributed by atoms with E-state index in [1.54, 1.807) is 49.4 Å². The lowest BCUT2D eigenvalue weighted by Crippen LogP contribution is -2.40. The number of hydrogen-bond donors (Lipinski definition) is 2. The van der Waals surface area contributed by atoms with Gasteiger partial charge >= 0.3 is 5.97 Å². The van der Waals surface area contributed by atoms with E-state index in [1.807, 2.05) is 0 Å². The summed E-state index contributed by atoms with van der Waals surface area (Å²) < 4.78 is 10.7. The first kappa shape index (κ1) is 19.7. The number of halogens is 1. The molecule has 0 aromatic heterocycles. The number of nitrogens with one attached hydrogen (secondary N) is 2. The average molecular weight is 403 g/mol. The lowest BCUT2D eigenvalue weighted by molar-refractivity contribution is -0.155. The van der Waals surface area contributed by atoms with Crippen molar-refractivity contribution in [3.05, 3.63) is 53.1 Å². The predicted molar refractivity (Wildman–Crippen MR) is 104 cm³/mol. The van der Waals surface area contributed by atoms with Gasteiger partial charge in [0.1, 0.15) is 5.75 Å². The Morgan fingerprint density at radius 3 is 2.79 bits per heavy atom. The number of ether oxygens (including phenoxy) is 2. The Hall–Kier alpha value is -3.06. The Balaban J connectivity index is 1.56. The maximum Gasteiger partial charge on any atom is 0.310 e. The van der Waals surface area contributed by atoms with Gasteiger partial charge in [0.2, 0.25) is 0 Å². The van der Waals surface area contributed by atoms with Gasteiger partial charge in [0.15, 0.2) is 12.2 Å². The van der Waals surface area contributed by atoms with Crippen molar-refractivity contribution in [2.75, 3.05) is 10.6 Å². The normalized spacial score (nSPS) is 16.2. The van der Waals surface area contributed by atoms with Crippen LogP contribution in [0.1, 0.15) is 18.9 Å². The van der Waals surface area contributed by atoms with E-state index in [2.05, 4.69) is 10.6 Å². The number of hydrogen-bond acceptors (Lipinski definition) is 5. The molecule has 1 aliphatic heterocycles. The quantitative estimate of drug-likeness (QED) is 0.748. The monoisotopic (exact) mass is 402 g/mol. The van der Waals surface area contributed by atoms with Crippen LogP contribution in [0.4, 0.5) is 11.4 Å². The Morgan fingerprint density at radius 2 is 2.00 bits per heavy atom. The zero-order chi connectivity index (χ0) is 20.3. The number of esters is 1. The highest BCUT2D eigenvalue weighted by Crippen LogP contribution is 2.29. The number of anilines is 2. The van der Waals surface area contributed by atoms with Crippen molar-refractivity contribution < 1.29 is 23.9 Å². The molecule has 8 heteroatoms. The molecule has 2 atom stereocenters. The highest BCUT2D eigenvalue weighted by molar-refractivity contribution is 6.31. The van der Waals surface area contributed by atoms with Gasteiger partial charge in [-0.15, -0.1) is 0 Å². The molecule has 146 valence electrons. The van der Waals surface area contributed by atoms with Gasteiger partial charge in [-0.1, -0.05) is 29.8 Å². The second-order valence-electron chi connectivity index (χ2n) is 6.33. The zero-order valence-corrected chi connectivity index (χ0v) is 16.1. The van der Waals surface area contributed by atoms with Crippen LogP contribution < -0.4 is 15.4 Å². The van der Waals surface area contributed by atoms with E-state index < -0.39 is 30.0 Å². The largest absolute Gasteiger partial charge is 0.478 e. The summed E-state index contributed by atoms with van der Waals surface area (Å²) >= 11 is 6.03. The van der Waals surface area contributed by atoms with Gasteiger partial charge in [-0.2, -0.15) is 0 Å². The Bertz CT molecular complexity index is 931. The van der Waals surface area contributed by atoms with Crippen LogP contribution in [0.5, 0.6) is 5.75 Å². The third kappa shape index (κ3) is 4.43. The summed E-state index contributed by atoms with van der Waals surface area (Å²) in [6, 6.07) is 12.0. The lowest BCUT2D eigenvalue weighted by atomic mass is 10.1. The molecule has 7 nitrogen and oxygen atoms in total. The molecule has 0 bridgehead atoms. The standard InChI is InChI=1S/C20H19ClN2O5/c1-11-13(21)6-5-8-14(11)22-19(25)12(2)27-18(24)10-17-20(26)23-15-7-3-4-9-16(15)28-17/h3-9,12,17H,10H2,1-2H3,(H,22,25)(H,23,26)/t12-,17-/m1/s1. The van der Waals surface area contributed by atoms with Gasteiger partial charge in [-0.3, -0.25) is 14.4 Å². The fraction of sp³-hybridized carbons (Fsp3) is 0.250. The molecule has 3 rings (SSSR count). The number of benzene rings is 2. The minimum Gasteiger partial charge on any atom is -0.478 e. The van der Waals surface area contributed by atoms with E-state index in [0.29, 0.717) is 27.7 Å². The van der Waals surface area contributed by atoms with Crippen LogP contribution in [0, 0.1) is 6.92 Å². The highest BCUT2D eigenvalue weighted by Gasteiger charge is 2.31. The summed E-state index contributed by atoms with van der Waals surface area (Å²) in [6.45, 7) is 3.22. The van der Waals surface area contributed by atoms with Gasteiger partial charge in [-0.05, 0) is 43.7 Å². The smallest absolute Gasteiger partial charge is 0.310 e. The molecule has 0 saturated heterocycles. The van der Waals surface area contributed by atoms with Crippen molar-refractivity contribution >= 4 is 40.8 Å². The van der Waals surface area contributed by atoms with E-state index in [9.17, 15) is 14.4 Å². The van der Waals surface area contributed by atoms with E-state index in [1.165, 1.54) is 6.92 Å². The maximum absolute atomic E-state index is 12.3. The van der Waals surface area contributed by atoms with Gasteiger partial charge < -0.3 is 20.1 Å². The molecule has 1 aliphatic rings. The summed E-state index contributed by atoms with van der Waals surface area (Å²) in [6.07, 6.45) is -2.38. The van der Waals surface area contributed by atoms with Crippen LogP contribution >= 0.6 is 11.6 Å². The van der Waals surface area contributed by atoms with Crippen LogP contribution in [0.3, 0.4) is 0 Å². The Morgan fingerprint density at radius 1 is 1.25 bits per heavy atom. The molecule has 0 fully saturated rings. The second-order valence-corrected chi connectivity index (χ2v) is 6.74. The summed E-state index contributed by atoms with van der Waals surface area (Å²) in [5.41, 5.74) is 1.79. The molecule has 2 N–H and O–H groups in total. The third-order valence-electron chi connectivity index (χ3n) is 4.26. The first-order chi connectivity index (χ1) is 13.3. The fourth-order valence-electron chi connectivity index (χ4n) is 2.65. The number of rotatable bonds is 5. The fourth-order valence-corrected chi connectivity index (χ4v) is 2.83. The van der Waals surface area contributed by atoms with Crippen LogP contribution in [0.2, 0.25) is 5.02 Å². The predicted octanol–water partition coefficient (Wildman–Crippen LogP) is 3.31. The molecule has 1 heterocycles. The first-order valence-corrected chi connectivity index (χ1v) is 9.05. The van der Waals surface area contributed by atoms with Crippen LogP contribution in [0.25, 0.3) is 0 Å². The van der Waals surface area contributed by atoms with Crippen molar-refractivity contribution in [3.63, 3.8) is 0 Å². The van der Waals surface area contributed by atoms with E-state index in [4.69, 9.17) is 21.1 Å². The Kier molecular flexibility index (Phi) is 5.84. The molecular weight excluding hydrogens is 384 g/mol. The number of amides is 2. The van der Waals surface area contributed by atoms with Crippen molar-refractivity contribution in [3.8, 4) is 5.75 Å². The molecule has 0 radical (unpaired) electrons. The van der Waals surface area contributed by atoms with Crippen LogP contribution in [-0.4, -0.2) is 30.0 Å². The van der Waals surface area contributed by atoms with Gasteiger partial charge in [0, 0.05) is 10.7 Å². The number of para-hydroxylation sites is 2.